The number of non-ortho nitro benzene ring substituents is 1. The van der Waals surface area contributed by atoms with Crippen molar-refractivity contribution in [1.29, 1.82) is 0 Å². The standard InChI is InChI=1S/C18H12N2O6/c1-10-2-3-11-8-14(18(22)23)17(19-15(11)6-10)26-16-5-4-13(20(24)25)7-12(16)9-21/h2-9H,1H3,(H,22,23). The number of ether oxygens (including phenoxy) is 1. The molecule has 26 heavy (non-hydrogen) atoms. The van der Waals surface area contributed by atoms with Gasteiger partial charge in [0, 0.05) is 17.5 Å². The lowest BCUT2D eigenvalue weighted by Crippen LogP contribution is -2.04. The number of nitrogens with zero attached hydrogens (tertiary/aromatic N) is 2. The molecule has 0 atom stereocenters. The summed E-state index contributed by atoms with van der Waals surface area (Å²) in [4.78, 5) is 37.2. The highest BCUT2D eigenvalue weighted by Gasteiger charge is 2.18. The summed E-state index contributed by atoms with van der Waals surface area (Å²) in [6.07, 6.45) is 0.397. The Morgan fingerprint density at radius 3 is 2.65 bits per heavy atom. The first-order chi connectivity index (χ1) is 12.4. The molecule has 0 fully saturated rings. The Morgan fingerprint density at radius 2 is 2.00 bits per heavy atom. The Morgan fingerprint density at radius 1 is 1.23 bits per heavy atom. The molecule has 130 valence electrons. The maximum absolute atomic E-state index is 11.5. The third-order valence-electron chi connectivity index (χ3n) is 3.71. The van der Waals surface area contributed by atoms with E-state index in [1.54, 1.807) is 12.1 Å². The second-order valence-corrected chi connectivity index (χ2v) is 5.54. The zero-order valence-corrected chi connectivity index (χ0v) is 13.5. The van der Waals surface area contributed by atoms with Gasteiger partial charge in [-0.2, -0.15) is 0 Å². The quantitative estimate of drug-likeness (QED) is 0.422. The number of hydrogen-bond acceptors (Lipinski definition) is 6. The third kappa shape index (κ3) is 3.20. The van der Waals surface area contributed by atoms with E-state index in [1.807, 2.05) is 13.0 Å². The fourth-order valence-electron chi connectivity index (χ4n) is 2.43. The highest BCUT2D eigenvalue weighted by atomic mass is 16.6. The maximum Gasteiger partial charge on any atom is 0.341 e. The van der Waals surface area contributed by atoms with Gasteiger partial charge >= 0.3 is 5.97 Å². The molecule has 8 heteroatoms. The topological polar surface area (TPSA) is 120 Å². The van der Waals surface area contributed by atoms with Crippen LogP contribution in [-0.4, -0.2) is 27.3 Å². The molecular weight excluding hydrogens is 340 g/mol. The first kappa shape index (κ1) is 17.0. The number of nitro benzene ring substituents is 1. The van der Waals surface area contributed by atoms with E-state index in [4.69, 9.17) is 4.74 Å². The summed E-state index contributed by atoms with van der Waals surface area (Å²) in [5.41, 5.74) is 0.917. The second-order valence-electron chi connectivity index (χ2n) is 5.54. The van der Waals surface area contributed by atoms with Crippen LogP contribution in [0.5, 0.6) is 11.6 Å². The smallest absolute Gasteiger partial charge is 0.341 e. The predicted octanol–water partition coefficient (Wildman–Crippen LogP) is 3.75. The summed E-state index contributed by atoms with van der Waals surface area (Å²) in [6, 6.07) is 10.2. The van der Waals surface area contributed by atoms with Gasteiger partial charge in [0.1, 0.15) is 11.3 Å². The van der Waals surface area contributed by atoms with Crippen LogP contribution in [0.3, 0.4) is 0 Å². The Kier molecular flexibility index (Phi) is 4.32. The second kappa shape index (κ2) is 6.60. The number of aryl methyl sites for hydroxylation is 1. The number of fused-ring (bicyclic) bond motifs is 1. The molecule has 0 amide bonds. The number of rotatable bonds is 5. The van der Waals surface area contributed by atoms with Crippen LogP contribution in [0.2, 0.25) is 0 Å². The largest absolute Gasteiger partial charge is 0.477 e. The SMILES string of the molecule is Cc1ccc2cc(C(=O)O)c(Oc3ccc([N+](=O)[O-])cc3C=O)nc2c1. The van der Waals surface area contributed by atoms with E-state index in [-0.39, 0.29) is 28.4 Å². The number of aromatic carboxylic acids is 1. The number of carbonyl (C=O) groups is 2. The molecule has 0 saturated carbocycles. The molecule has 3 aromatic rings. The first-order valence-electron chi connectivity index (χ1n) is 7.45. The summed E-state index contributed by atoms with van der Waals surface area (Å²) < 4.78 is 5.53. The van der Waals surface area contributed by atoms with E-state index in [2.05, 4.69) is 4.98 Å². The molecule has 3 rings (SSSR count). The lowest BCUT2D eigenvalue weighted by Gasteiger charge is -2.11. The average Bonchev–Trinajstić information content (AvgIpc) is 2.60. The van der Waals surface area contributed by atoms with E-state index in [1.165, 1.54) is 12.1 Å². The molecule has 1 N–H and O–H groups in total. The van der Waals surface area contributed by atoms with Gasteiger partial charge in [-0.3, -0.25) is 14.9 Å². The van der Waals surface area contributed by atoms with E-state index in [0.717, 1.165) is 17.7 Å². The van der Waals surface area contributed by atoms with Crippen molar-refractivity contribution in [2.45, 2.75) is 6.92 Å². The van der Waals surface area contributed by atoms with Gasteiger partial charge in [0.05, 0.1) is 16.0 Å². The van der Waals surface area contributed by atoms with E-state index >= 15 is 0 Å². The Labute approximate surface area is 146 Å². The molecule has 0 unspecified atom stereocenters. The Balaban J connectivity index is 2.13. The number of hydrogen-bond donors (Lipinski definition) is 1. The molecular formula is C18H12N2O6. The van der Waals surface area contributed by atoms with Crippen molar-refractivity contribution < 1.29 is 24.4 Å². The van der Waals surface area contributed by atoms with Crippen molar-refractivity contribution in [2.24, 2.45) is 0 Å². The number of carbonyl (C=O) groups excluding carboxylic acids is 1. The number of carboxylic acid groups (broad SMARTS) is 1. The fraction of sp³-hybridized carbons (Fsp3) is 0.0556. The predicted molar refractivity (Wildman–Crippen MR) is 92.0 cm³/mol. The zero-order valence-electron chi connectivity index (χ0n) is 13.5. The van der Waals surface area contributed by atoms with Crippen molar-refractivity contribution in [3.8, 4) is 11.6 Å². The summed E-state index contributed by atoms with van der Waals surface area (Å²) in [6.45, 7) is 1.87. The molecule has 2 aromatic carbocycles. The van der Waals surface area contributed by atoms with Crippen molar-refractivity contribution in [3.05, 3.63) is 69.3 Å². The lowest BCUT2D eigenvalue weighted by atomic mass is 10.1. The van der Waals surface area contributed by atoms with Crippen molar-refractivity contribution in [1.82, 2.24) is 4.98 Å². The van der Waals surface area contributed by atoms with Crippen LogP contribution in [-0.2, 0) is 0 Å². The highest BCUT2D eigenvalue weighted by Crippen LogP contribution is 2.31. The van der Waals surface area contributed by atoms with Gasteiger partial charge in [0.2, 0.25) is 5.88 Å². The number of benzene rings is 2. The molecule has 0 aliphatic carbocycles. The summed E-state index contributed by atoms with van der Waals surface area (Å²) in [5, 5.41) is 20.9. The van der Waals surface area contributed by atoms with Crippen molar-refractivity contribution in [2.75, 3.05) is 0 Å². The molecule has 0 aliphatic heterocycles. The van der Waals surface area contributed by atoms with Gasteiger partial charge in [0.25, 0.3) is 5.69 Å². The van der Waals surface area contributed by atoms with Gasteiger partial charge < -0.3 is 9.84 Å². The molecule has 0 bridgehead atoms. The molecule has 0 spiro atoms. The Bertz CT molecular complexity index is 1060. The van der Waals surface area contributed by atoms with Crippen molar-refractivity contribution >= 4 is 28.8 Å². The van der Waals surface area contributed by atoms with Crippen LogP contribution in [0.1, 0.15) is 26.3 Å². The minimum absolute atomic E-state index is 0.0207. The number of aromatic nitrogens is 1. The fourth-order valence-corrected chi connectivity index (χ4v) is 2.43. The maximum atomic E-state index is 11.5. The number of aldehydes is 1. The van der Waals surface area contributed by atoms with Gasteiger partial charge in [-0.15, -0.1) is 0 Å². The van der Waals surface area contributed by atoms with Crippen LogP contribution in [0.15, 0.2) is 42.5 Å². The molecule has 0 radical (unpaired) electrons. The Hall–Kier alpha value is -3.81. The van der Waals surface area contributed by atoms with Crippen LogP contribution in [0.4, 0.5) is 5.69 Å². The van der Waals surface area contributed by atoms with E-state index < -0.39 is 10.9 Å². The van der Waals surface area contributed by atoms with Crippen LogP contribution in [0.25, 0.3) is 10.9 Å². The summed E-state index contributed by atoms with van der Waals surface area (Å²) in [5.74, 6) is -1.47. The van der Waals surface area contributed by atoms with Gasteiger partial charge in [-0.1, -0.05) is 12.1 Å². The number of carboxylic acids is 1. The minimum atomic E-state index is -1.25. The number of pyridine rings is 1. The van der Waals surface area contributed by atoms with Gasteiger partial charge in [-0.05, 0) is 30.7 Å². The molecule has 8 nitrogen and oxygen atoms in total. The van der Waals surface area contributed by atoms with Crippen LogP contribution in [0, 0.1) is 17.0 Å². The van der Waals surface area contributed by atoms with Crippen LogP contribution >= 0.6 is 0 Å². The normalized spacial score (nSPS) is 10.5. The highest BCUT2D eigenvalue weighted by molar-refractivity contribution is 5.95. The zero-order chi connectivity index (χ0) is 18.8. The molecule has 0 saturated heterocycles. The van der Waals surface area contributed by atoms with Crippen molar-refractivity contribution in [3.63, 3.8) is 0 Å². The summed E-state index contributed by atoms with van der Waals surface area (Å²) >= 11 is 0. The lowest BCUT2D eigenvalue weighted by molar-refractivity contribution is -0.384. The molecule has 1 aromatic heterocycles. The average molecular weight is 352 g/mol. The summed E-state index contributed by atoms with van der Waals surface area (Å²) in [7, 11) is 0. The first-order valence-corrected chi connectivity index (χ1v) is 7.45. The van der Waals surface area contributed by atoms with Crippen LogP contribution < -0.4 is 4.74 Å². The third-order valence-corrected chi connectivity index (χ3v) is 3.71. The van der Waals surface area contributed by atoms with E-state index in [9.17, 15) is 24.8 Å². The number of nitro groups is 1. The molecule has 0 aliphatic rings. The minimum Gasteiger partial charge on any atom is -0.477 e. The van der Waals surface area contributed by atoms with Gasteiger partial charge in [0.15, 0.2) is 6.29 Å². The monoisotopic (exact) mass is 352 g/mol. The molecule has 1 heterocycles. The van der Waals surface area contributed by atoms with Gasteiger partial charge in [-0.25, -0.2) is 9.78 Å². The van der Waals surface area contributed by atoms with E-state index in [0.29, 0.717) is 17.2 Å².